The van der Waals surface area contributed by atoms with Crippen molar-refractivity contribution in [2.24, 2.45) is 5.92 Å². The summed E-state index contributed by atoms with van der Waals surface area (Å²) in [6.45, 7) is 7.54. The largest absolute Gasteiger partial charge is 0.394 e. The van der Waals surface area contributed by atoms with Gasteiger partial charge in [-0.3, -0.25) is 9.59 Å². The van der Waals surface area contributed by atoms with Crippen LogP contribution in [0, 0.1) is 18.8 Å². The molecule has 26 heavy (non-hydrogen) atoms. The smallest absolute Gasteiger partial charge is 0.245 e. The Hall–Kier alpha value is -1.92. The molecule has 4 N–H and O–H groups in total. The first-order valence-electron chi connectivity index (χ1n) is 8.06. The molecular weight excluding hydrogens is 340 g/mol. The van der Waals surface area contributed by atoms with Crippen molar-refractivity contribution in [3.8, 4) is 12.8 Å². The number of likely N-dealkylation sites (N-methyl/N-ethyl adjacent to an activating group) is 1. The fourth-order valence-corrected chi connectivity index (χ4v) is 1.46. The molecule has 8 heteroatoms. The molecule has 0 aliphatic carbocycles. The fraction of sp³-hybridized carbons (Fsp3) is 0.667. The normalized spacial score (nSPS) is 21.1. The molecule has 0 saturated carbocycles. The SMILES string of the molecule is C#C.CNC(=O)/C=C\NC=O.COC(C)(C)O.C[C@@H]1O[C@H](CO)C[C@@H]1C. The molecule has 0 radical (unpaired) electrons. The Morgan fingerprint density at radius 3 is 2.12 bits per heavy atom. The van der Waals surface area contributed by atoms with E-state index in [2.05, 4.69) is 42.1 Å². The van der Waals surface area contributed by atoms with Crippen LogP contribution in [0.1, 0.15) is 34.1 Å². The number of ether oxygens (including phenoxy) is 2. The summed E-state index contributed by atoms with van der Waals surface area (Å²) in [4.78, 5) is 19.9. The first-order valence-corrected chi connectivity index (χ1v) is 8.06. The van der Waals surface area contributed by atoms with Crippen LogP contribution in [-0.2, 0) is 19.1 Å². The van der Waals surface area contributed by atoms with Crippen molar-refractivity contribution in [2.45, 2.75) is 52.1 Å². The van der Waals surface area contributed by atoms with Gasteiger partial charge in [-0.25, -0.2) is 0 Å². The highest BCUT2D eigenvalue weighted by atomic mass is 16.6. The van der Waals surface area contributed by atoms with Crippen LogP contribution in [0.15, 0.2) is 12.3 Å². The summed E-state index contributed by atoms with van der Waals surface area (Å²) >= 11 is 0. The molecule has 2 amide bonds. The van der Waals surface area contributed by atoms with Gasteiger partial charge in [0.25, 0.3) is 0 Å². The fourth-order valence-electron chi connectivity index (χ4n) is 1.46. The van der Waals surface area contributed by atoms with Gasteiger partial charge in [0, 0.05) is 26.4 Å². The molecule has 1 saturated heterocycles. The zero-order valence-electron chi connectivity index (χ0n) is 16.6. The lowest BCUT2D eigenvalue weighted by Crippen LogP contribution is -2.20. The standard InChI is InChI=1S/C7H14O2.C5H8N2O2.C4H10O2.C2H2/c1-5-3-7(4-8)9-6(5)2;1-6-5(9)2-3-7-4-8;1-4(2,5)6-3;1-2/h5-8H,3-4H2,1-2H3;2-4H,1H3,(H,6,9)(H,7,8);5H,1-3H3;1-2H/b;3-2-;;/t5-,6-,7-;;;/m0.../s1. The minimum atomic E-state index is -0.958. The highest BCUT2D eigenvalue weighted by molar-refractivity contribution is 5.87. The Balaban J connectivity index is -0.000000297. The number of aliphatic hydroxyl groups excluding tert-OH is 1. The molecular formula is C18H34N2O6. The molecule has 3 atom stereocenters. The van der Waals surface area contributed by atoms with Gasteiger partial charge in [0.2, 0.25) is 12.3 Å². The first kappa shape index (κ1) is 28.9. The number of nitrogens with one attached hydrogen (secondary N) is 2. The molecule has 0 bridgehead atoms. The minimum absolute atomic E-state index is 0.106. The topological polar surface area (TPSA) is 117 Å². The molecule has 0 aromatic heterocycles. The third-order valence-corrected chi connectivity index (χ3v) is 3.19. The summed E-state index contributed by atoms with van der Waals surface area (Å²) in [5.41, 5.74) is 0. The lowest BCUT2D eigenvalue weighted by molar-refractivity contribution is -0.155. The van der Waals surface area contributed by atoms with E-state index in [1.807, 2.05) is 0 Å². The number of carbonyl (C=O) groups is 2. The van der Waals surface area contributed by atoms with Gasteiger partial charge >= 0.3 is 0 Å². The second kappa shape index (κ2) is 17.9. The van der Waals surface area contributed by atoms with Crippen molar-refractivity contribution in [3.63, 3.8) is 0 Å². The molecule has 1 rings (SSSR count). The van der Waals surface area contributed by atoms with Crippen LogP contribution in [0.2, 0.25) is 0 Å². The zero-order valence-corrected chi connectivity index (χ0v) is 16.6. The summed E-state index contributed by atoms with van der Waals surface area (Å²) in [6, 6.07) is 0. The third kappa shape index (κ3) is 20.1. The van der Waals surface area contributed by atoms with Gasteiger partial charge in [-0.15, -0.1) is 12.8 Å². The molecule has 152 valence electrons. The van der Waals surface area contributed by atoms with Crippen LogP contribution in [0.25, 0.3) is 0 Å². The molecule has 8 nitrogen and oxygen atoms in total. The van der Waals surface area contributed by atoms with Gasteiger partial charge in [-0.05, 0) is 33.1 Å². The van der Waals surface area contributed by atoms with Gasteiger partial charge in [0.05, 0.1) is 18.8 Å². The maximum absolute atomic E-state index is 10.3. The van der Waals surface area contributed by atoms with Gasteiger partial charge in [-0.1, -0.05) is 6.92 Å². The molecule has 1 aliphatic rings. The number of aliphatic hydroxyl groups is 2. The van der Waals surface area contributed by atoms with Gasteiger partial charge < -0.3 is 30.3 Å². The average molecular weight is 374 g/mol. The van der Waals surface area contributed by atoms with Crippen molar-refractivity contribution >= 4 is 12.3 Å². The molecule has 1 fully saturated rings. The maximum atomic E-state index is 10.3. The number of hydrogen-bond donors (Lipinski definition) is 4. The Morgan fingerprint density at radius 2 is 1.88 bits per heavy atom. The van der Waals surface area contributed by atoms with E-state index in [0.29, 0.717) is 18.4 Å². The van der Waals surface area contributed by atoms with Crippen molar-refractivity contribution in [1.29, 1.82) is 0 Å². The van der Waals surface area contributed by atoms with E-state index in [0.717, 1.165) is 6.42 Å². The van der Waals surface area contributed by atoms with Gasteiger partial charge in [-0.2, -0.15) is 0 Å². The summed E-state index contributed by atoms with van der Waals surface area (Å²) < 4.78 is 9.87. The predicted octanol–water partition coefficient (Wildman–Crippen LogP) is 0.395. The molecule has 1 aliphatic heterocycles. The Kier molecular flexibility index (Phi) is 19.9. The number of hydrogen-bond acceptors (Lipinski definition) is 6. The van der Waals surface area contributed by atoms with Gasteiger partial charge in [0.15, 0.2) is 5.79 Å². The molecule has 0 spiro atoms. The number of carbonyl (C=O) groups excluding carboxylic acids is 2. The van der Waals surface area contributed by atoms with E-state index in [1.165, 1.54) is 26.4 Å². The Bertz CT molecular complexity index is 394. The number of methoxy groups -OCH3 is 1. The van der Waals surface area contributed by atoms with Crippen molar-refractivity contribution in [3.05, 3.63) is 12.3 Å². The van der Waals surface area contributed by atoms with Gasteiger partial charge in [0.1, 0.15) is 0 Å². The summed E-state index contributed by atoms with van der Waals surface area (Å²) in [5.74, 6) is -0.591. The highest BCUT2D eigenvalue weighted by Crippen LogP contribution is 2.24. The predicted molar refractivity (Wildman–Crippen MR) is 101 cm³/mol. The molecule has 0 unspecified atom stereocenters. The van der Waals surface area contributed by atoms with E-state index in [1.54, 1.807) is 13.8 Å². The van der Waals surface area contributed by atoms with E-state index in [-0.39, 0.29) is 18.6 Å². The second-order valence-corrected chi connectivity index (χ2v) is 5.74. The van der Waals surface area contributed by atoms with Crippen molar-refractivity contribution < 1.29 is 29.3 Å². The van der Waals surface area contributed by atoms with Crippen LogP contribution in [0.5, 0.6) is 0 Å². The molecule has 0 aromatic rings. The quantitative estimate of drug-likeness (QED) is 0.239. The lowest BCUT2D eigenvalue weighted by Gasteiger charge is -2.12. The summed E-state index contributed by atoms with van der Waals surface area (Å²) in [6.07, 6.45) is 12.4. The van der Waals surface area contributed by atoms with E-state index >= 15 is 0 Å². The third-order valence-electron chi connectivity index (χ3n) is 3.19. The van der Waals surface area contributed by atoms with Crippen molar-refractivity contribution in [1.82, 2.24) is 10.6 Å². The second-order valence-electron chi connectivity index (χ2n) is 5.74. The van der Waals surface area contributed by atoms with Crippen LogP contribution in [0.4, 0.5) is 0 Å². The highest BCUT2D eigenvalue weighted by Gasteiger charge is 2.27. The number of amides is 2. The molecule has 1 heterocycles. The monoisotopic (exact) mass is 374 g/mol. The summed E-state index contributed by atoms with van der Waals surface area (Å²) in [7, 11) is 2.97. The van der Waals surface area contributed by atoms with E-state index < -0.39 is 5.79 Å². The number of terminal acetylenes is 1. The maximum Gasteiger partial charge on any atom is 0.245 e. The van der Waals surface area contributed by atoms with Crippen molar-refractivity contribution in [2.75, 3.05) is 20.8 Å². The minimum Gasteiger partial charge on any atom is -0.394 e. The zero-order chi connectivity index (χ0) is 21.2. The molecule has 0 aromatic carbocycles. The average Bonchev–Trinajstić information content (AvgIpc) is 2.95. The van der Waals surface area contributed by atoms with Crippen LogP contribution >= 0.6 is 0 Å². The van der Waals surface area contributed by atoms with Crippen LogP contribution < -0.4 is 10.6 Å². The summed E-state index contributed by atoms with van der Waals surface area (Å²) in [5, 5.41) is 21.8. The number of rotatable bonds is 5. The van der Waals surface area contributed by atoms with E-state index in [4.69, 9.17) is 14.9 Å². The lowest BCUT2D eigenvalue weighted by atomic mass is 10.0. The van der Waals surface area contributed by atoms with E-state index in [9.17, 15) is 9.59 Å². The first-order chi connectivity index (χ1) is 12.1. The Labute approximate surface area is 157 Å². The Morgan fingerprint density at radius 1 is 1.38 bits per heavy atom. The van der Waals surface area contributed by atoms with Crippen LogP contribution in [-0.4, -0.2) is 61.3 Å². The van der Waals surface area contributed by atoms with Crippen LogP contribution in [0.3, 0.4) is 0 Å².